The number of unbranched alkanes of at least 4 members (excludes halogenated alkanes) is 7. The molecule has 0 atom stereocenters. The summed E-state index contributed by atoms with van der Waals surface area (Å²) < 4.78 is 0. The molecule has 0 aromatic carbocycles. The Balaban J connectivity index is 1.99. The molecule has 2 N–H and O–H groups in total. The molecule has 0 aliphatic heterocycles. The molecule has 0 radical (unpaired) electrons. The van der Waals surface area contributed by atoms with Crippen LogP contribution in [0.3, 0.4) is 0 Å². The zero-order chi connectivity index (χ0) is 15.3. The molecule has 1 aromatic rings. The van der Waals surface area contributed by atoms with Gasteiger partial charge in [-0.2, -0.15) is 0 Å². The van der Waals surface area contributed by atoms with Gasteiger partial charge in [0.05, 0.1) is 12.1 Å². The van der Waals surface area contributed by atoms with Gasteiger partial charge in [-0.25, -0.2) is 4.98 Å². The van der Waals surface area contributed by atoms with E-state index in [0.717, 1.165) is 17.4 Å². The average molecular weight is 312 g/mol. The quantitative estimate of drug-likeness (QED) is 0.518. The van der Waals surface area contributed by atoms with Gasteiger partial charge < -0.3 is 10.4 Å². The Morgan fingerprint density at radius 1 is 1.19 bits per heavy atom. The lowest BCUT2D eigenvalue weighted by Gasteiger charge is -2.03. The summed E-state index contributed by atoms with van der Waals surface area (Å²) in [4.78, 5) is 14.9. The summed E-state index contributed by atoms with van der Waals surface area (Å²) in [5, 5.41) is 14.8. The standard InChI is InChI=1S/C16H28N2O2S/c1-2-3-4-5-6-7-8-9-12-17-16-18-14(13-21-16)10-11-15(19)20/h13H,2-12H2,1H3,(H,17,18)(H,19,20). The van der Waals surface area contributed by atoms with E-state index in [4.69, 9.17) is 5.11 Å². The van der Waals surface area contributed by atoms with E-state index >= 15 is 0 Å². The molecule has 1 rings (SSSR count). The van der Waals surface area contributed by atoms with Crippen LogP contribution >= 0.6 is 11.3 Å². The smallest absolute Gasteiger partial charge is 0.303 e. The largest absolute Gasteiger partial charge is 0.481 e. The van der Waals surface area contributed by atoms with Crippen LogP contribution in [-0.4, -0.2) is 22.6 Å². The van der Waals surface area contributed by atoms with Crippen molar-refractivity contribution in [2.75, 3.05) is 11.9 Å². The lowest BCUT2D eigenvalue weighted by atomic mass is 10.1. The number of thiazole rings is 1. The number of anilines is 1. The number of carboxylic acids is 1. The Morgan fingerprint density at radius 3 is 2.52 bits per heavy atom. The molecule has 21 heavy (non-hydrogen) atoms. The number of carbonyl (C=O) groups is 1. The van der Waals surface area contributed by atoms with Crippen molar-refractivity contribution in [3.63, 3.8) is 0 Å². The van der Waals surface area contributed by atoms with Crippen molar-refractivity contribution in [1.82, 2.24) is 4.98 Å². The Labute approximate surface area is 132 Å². The highest BCUT2D eigenvalue weighted by molar-refractivity contribution is 7.13. The molecular formula is C16H28N2O2S. The van der Waals surface area contributed by atoms with Gasteiger partial charge in [-0.3, -0.25) is 4.79 Å². The van der Waals surface area contributed by atoms with Crippen molar-refractivity contribution in [3.8, 4) is 0 Å². The van der Waals surface area contributed by atoms with Crippen molar-refractivity contribution < 1.29 is 9.90 Å². The monoisotopic (exact) mass is 312 g/mol. The van der Waals surface area contributed by atoms with Crippen LogP contribution in [0.5, 0.6) is 0 Å². The van der Waals surface area contributed by atoms with Crippen LogP contribution in [0.4, 0.5) is 5.13 Å². The fourth-order valence-corrected chi connectivity index (χ4v) is 2.97. The first-order valence-corrected chi connectivity index (χ1v) is 9.00. The molecule has 0 bridgehead atoms. The predicted octanol–water partition coefficient (Wildman–Crippen LogP) is 4.71. The molecule has 0 amide bonds. The van der Waals surface area contributed by atoms with Crippen LogP contribution in [0.15, 0.2) is 5.38 Å². The maximum Gasteiger partial charge on any atom is 0.303 e. The molecule has 1 heterocycles. The molecule has 0 saturated carbocycles. The van der Waals surface area contributed by atoms with Gasteiger partial charge in [0.1, 0.15) is 0 Å². The van der Waals surface area contributed by atoms with Gasteiger partial charge in [0.15, 0.2) is 5.13 Å². The molecular weight excluding hydrogens is 284 g/mol. The lowest BCUT2D eigenvalue weighted by Crippen LogP contribution is -2.02. The van der Waals surface area contributed by atoms with Crippen molar-refractivity contribution in [1.29, 1.82) is 0 Å². The fraction of sp³-hybridized carbons (Fsp3) is 0.750. The third-order valence-corrected chi connectivity index (χ3v) is 4.30. The molecule has 0 aliphatic carbocycles. The highest BCUT2D eigenvalue weighted by Crippen LogP contribution is 2.17. The number of aliphatic carboxylic acids is 1. The number of carboxylic acid groups (broad SMARTS) is 1. The zero-order valence-corrected chi connectivity index (χ0v) is 13.9. The molecule has 0 saturated heterocycles. The van der Waals surface area contributed by atoms with Crippen LogP contribution in [0.2, 0.25) is 0 Å². The highest BCUT2D eigenvalue weighted by atomic mass is 32.1. The Kier molecular flexibility index (Phi) is 9.87. The summed E-state index contributed by atoms with van der Waals surface area (Å²) in [5.41, 5.74) is 0.876. The number of hydrogen-bond donors (Lipinski definition) is 2. The minimum atomic E-state index is -0.767. The van der Waals surface area contributed by atoms with E-state index in [9.17, 15) is 4.79 Å². The second-order valence-corrected chi connectivity index (χ2v) is 6.30. The topological polar surface area (TPSA) is 62.2 Å². The van der Waals surface area contributed by atoms with E-state index in [0.29, 0.717) is 6.42 Å². The van der Waals surface area contributed by atoms with E-state index in [1.165, 1.54) is 51.4 Å². The van der Waals surface area contributed by atoms with Crippen molar-refractivity contribution in [3.05, 3.63) is 11.1 Å². The SMILES string of the molecule is CCCCCCCCCCNc1nc(CCC(=O)O)cs1. The second-order valence-electron chi connectivity index (χ2n) is 5.44. The first-order chi connectivity index (χ1) is 10.2. The van der Waals surface area contributed by atoms with Crippen LogP contribution in [0.1, 0.15) is 70.4 Å². The van der Waals surface area contributed by atoms with E-state index in [1.807, 2.05) is 5.38 Å². The lowest BCUT2D eigenvalue weighted by molar-refractivity contribution is -0.136. The number of hydrogen-bond acceptors (Lipinski definition) is 4. The van der Waals surface area contributed by atoms with Crippen LogP contribution in [0.25, 0.3) is 0 Å². The number of nitrogens with one attached hydrogen (secondary N) is 1. The van der Waals surface area contributed by atoms with Gasteiger partial charge in [0, 0.05) is 18.3 Å². The normalized spacial score (nSPS) is 10.7. The summed E-state index contributed by atoms with van der Waals surface area (Å²) in [6.07, 6.45) is 11.3. The van der Waals surface area contributed by atoms with Gasteiger partial charge in [0.2, 0.25) is 0 Å². The number of aromatic nitrogens is 1. The average Bonchev–Trinajstić information content (AvgIpc) is 2.91. The summed E-state index contributed by atoms with van der Waals surface area (Å²) in [6, 6.07) is 0. The third-order valence-electron chi connectivity index (χ3n) is 3.45. The maximum absolute atomic E-state index is 10.5. The van der Waals surface area contributed by atoms with Crippen LogP contribution in [-0.2, 0) is 11.2 Å². The molecule has 1 aromatic heterocycles. The van der Waals surface area contributed by atoms with Gasteiger partial charge in [-0.05, 0) is 6.42 Å². The number of nitrogens with zero attached hydrogens (tertiary/aromatic N) is 1. The Bertz CT molecular complexity index is 393. The molecule has 120 valence electrons. The minimum absolute atomic E-state index is 0.154. The fourth-order valence-electron chi connectivity index (χ4n) is 2.19. The summed E-state index contributed by atoms with van der Waals surface area (Å²) in [6.45, 7) is 3.21. The highest BCUT2D eigenvalue weighted by Gasteiger charge is 2.04. The van der Waals surface area contributed by atoms with E-state index in [-0.39, 0.29) is 6.42 Å². The van der Waals surface area contributed by atoms with Gasteiger partial charge in [-0.15, -0.1) is 11.3 Å². The van der Waals surface area contributed by atoms with E-state index in [2.05, 4.69) is 17.2 Å². The molecule has 0 aliphatic rings. The van der Waals surface area contributed by atoms with Crippen molar-refractivity contribution in [2.24, 2.45) is 0 Å². The second kappa shape index (κ2) is 11.5. The molecule has 5 heteroatoms. The zero-order valence-electron chi connectivity index (χ0n) is 13.1. The number of rotatable bonds is 13. The van der Waals surface area contributed by atoms with E-state index < -0.39 is 5.97 Å². The van der Waals surface area contributed by atoms with Crippen molar-refractivity contribution in [2.45, 2.75) is 71.1 Å². The molecule has 0 unspecified atom stereocenters. The van der Waals surface area contributed by atoms with Gasteiger partial charge in [-0.1, -0.05) is 51.9 Å². The Hall–Kier alpha value is -1.10. The predicted molar refractivity (Wildman–Crippen MR) is 89.2 cm³/mol. The van der Waals surface area contributed by atoms with Gasteiger partial charge in [0.25, 0.3) is 0 Å². The Morgan fingerprint density at radius 2 is 1.86 bits per heavy atom. The number of aryl methyl sites for hydroxylation is 1. The van der Waals surface area contributed by atoms with Gasteiger partial charge >= 0.3 is 5.97 Å². The summed E-state index contributed by atoms with van der Waals surface area (Å²) in [5.74, 6) is -0.767. The summed E-state index contributed by atoms with van der Waals surface area (Å²) in [7, 11) is 0. The van der Waals surface area contributed by atoms with Crippen LogP contribution < -0.4 is 5.32 Å². The first-order valence-electron chi connectivity index (χ1n) is 8.12. The third kappa shape index (κ3) is 9.45. The van der Waals surface area contributed by atoms with E-state index in [1.54, 1.807) is 11.3 Å². The maximum atomic E-state index is 10.5. The minimum Gasteiger partial charge on any atom is -0.481 e. The molecule has 0 spiro atoms. The molecule has 0 fully saturated rings. The first kappa shape index (κ1) is 18.0. The van der Waals surface area contributed by atoms with Crippen molar-refractivity contribution >= 4 is 22.4 Å². The summed E-state index contributed by atoms with van der Waals surface area (Å²) >= 11 is 1.56. The van der Waals surface area contributed by atoms with Crippen LogP contribution in [0, 0.1) is 0 Å². The molecule has 4 nitrogen and oxygen atoms in total.